The Morgan fingerprint density at radius 3 is 2.16 bits per heavy atom. The average Bonchev–Trinajstić information content (AvgIpc) is 2.75. The molecule has 0 aliphatic rings. The highest BCUT2D eigenvalue weighted by Crippen LogP contribution is 2.38. The molecule has 0 aliphatic carbocycles. The molecule has 164 valence electrons. The van der Waals surface area contributed by atoms with Crippen LogP contribution in [0.2, 0.25) is 5.02 Å². The van der Waals surface area contributed by atoms with E-state index in [2.05, 4.69) is 20.0 Å². The Kier molecular flexibility index (Phi) is 5.66. The number of sulfonamides is 1. The van der Waals surface area contributed by atoms with Crippen LogP contribution in [0.4, 0.5) is 30.5 Å². The molecule has 32 heavy (non-hydrogen) atoms. The van der Waals surface area contributed by atoms with E-state index in [-0.39, 0.29) is 22.2 Å². The van der Waals surface area contributed by atoms with Crippen LogP contribution in [0.15, 0.2) is 77.7 Å². The van der Waals surface area contributed by atoms with Gasteiger partial charge in [-0.15, -0.1) is 0 Å². The van der Waals surface area contributed by atoms with E-state index in [0.29, 0.717) is 11.0 Å². The fourth-order valence-electron chi connectivity index (χ4n) is 2.85. The summed E-state index contributed by atoms with van der Waals surface area (Å²) in [6.07, 6.45) is -4.67. The summed E-state index contributed by atoms with van der Waals surface area (Å²) in [5, 5.41) is 2.22. The van der Waals surface area contributed by atoms with E-state index in [0.717, 1.165) is 12.1 Å². The smallest absolute Gasteiger partial charge is 0.417 e. The van der Waals surface area contributed by atoms with Crippen LogP contribution in [-0.2, 0) is 16.2 Å². The standard InChI is InChI=1S/C21H13ClF3N4O2S/c22-16-11-10-13(12-15(16)21(23,24)25)26-19-20(28-18-9-5-4-8-17(18)27-19)29-32(30,31)14-6-2-1-3-7-14/h1-12H,(H-,26,27,28,29)/q-1. The molecule has 1 N–H and O–H groups in total. The van der Waals surface area contributed by atoms with E-state index in [1.165, 1.54) is 18.2 Å². The normalized spacial score (nSPS) is 12.0. The lowest BCUT2D eigenvalue weighted by molar-refractivity contribution is -0.137. The fourth-order valence-corrected chi connectivity index (χ4v) is 4.04. The van der Waals surface area contributed by atoms with Crippen LogP contribution in [0.5, 0.6) is 0 Å². The van der Waals surface area contributed by atoms with Crippen LogP contribution in [0.25, 0.3) is 15.8 Å². The molecule has 0 spiro atoms. The second-order valence-corrected chi connectivity index (χ2v) is 8.59. The van der Waals surface area contributed by atoms with Gasteiger partial charge in [-0.25, -0.2) is 13.4 Å². The summed E-state index contributed by atoms with van der Waals surface area (Å²) in [6, 6.07) is 17.3. The fraction of sp³-hybridized carbons (Fsp3) is 0.0476. The lowest BCUT2D eigenvalue weighted by atomic mass is 10.2. The molecule has 0 unspecified atom stereocenters. The molecule has 11 heteroatoms. The summed E-state index contributed by atoms with van der Waals surface area (Å²) in [6.45, 7) is 0. The van der Waals surface area contributed by atoms with Crippen molar-refractivity contribution in [1.82, 2.24) is 9.97 Å². The van der Waals surface area contributed by atoms with Gasteiger partial charge in [0.2, 0.25) is 10.0 Å². The molecule has 4 rings (SSSR count). The zero-order valence-corrected chi connectivity index (χ0v) is 17.6. The van der Waals surface area contributed by atoms with Crippen molar-refractivity contribution in [2.75, 3.05) is 5.32 Å². The minimum absolute atomic E-state index is 0.0140. The molecule has 0 amide bonds. The number of hydrogen-bond acceptors (Lipinski definition) is 5. The summed E-state index contributed by atoms with van der Waals surface area (Å²) in [7, 11) is -4.15. The van der Waals surface area contributed by atoms with E-state index in [4.69, 9.17) is 11.6 Å². The second-order valence-electron chi connectivity index (χ2n) is 6.58. The first kappa shape index (κ1) is 21.8. The Labute approximate surface area is 186 Å². The number of rotatable bonds is 5. The first-order valence-corrected chi connectivity index (χ1v) is 10.9. The summed E-state index contributed by atoms with van der Waals surface area (Å²) in [4.78, 5) is 8.50. The van der Waals surface area contributed by atoms with Crippen molar-refractivity contribution in [2.24, 2.45) is 0 Å². The Bertz CT molecular complexity index is 1400. The van der Waals surface area contributed by atoms with Crippen LogP contribution in [0, 0.1) is 0 Å². The van der Waals surface area contributed by atoms with E-state index in [9.17, 15) is 21.6 Å². The highest BCUT2D eigenvalue weighted by Gasteiger charge is 2.33. The first-order valence-electron chi connectivity index (χ1n) is 9.07. The van der Waals surface area contributed by atoms with E-state index < -0.39 is 26.8 Å². The Balaban J connectivity index is 1.79. The van der Waals surface area contributed by atoms with Crippen LogP contribution in [0.1, 0.15) is 5.56 Å². The summed E-state index contributed by atoms with van der Waals surface area (Å²) in [5.41, 5.74) is -0.295. The monoisotopic (exact) mass is 477 g/mol. The number of benzene rings is 3. The van der Waals surface area contributed by atoms with E-state index in [1.807, 2.05) is 0 Å². The van der Waals surface area contributed by atoms with Gasteiger partial charge in [0.05, 0.1) is 21.0 Å². The lowest BCUT2D eigenvalue weighted by Crippen LogP contribution is -2.07. The molecule has 0 atom stereocenters. The number of fused-ring (bicyclic) bond motifs is 1. The maximum absolute atomic E-state index is 13.2. The van der Waals surface area contributed by atoms with Crippen molar-refractivity contribution in [1.29, 1.82) is 0 Å². The van der Waals surface area contributed by atoms with Crippen LogP contribution < -0.4 is 5.32 Å². The van der Waals surface area contributed by atoms with Gasteiger partial charge in [-0.1, -0.05) is 48.0 Å². The zero-order chi connectivity index (χ0) is 22.9. The van der Waals surface area contributed by atoms with Gasteiger partial charge in [0.25, 0.3) is 0 Å². The molecule has 0 aliphatic heterocycles. The molecule has 1 aromatic heterocycles. The predicted octanol–water partition coefficient (Wildman–Crippen LogP) is 6.44. The van der Waals surface area contributed by atoms with Crippen molar-refractivity contribution in [3.63, 3.8) is 0 Å². The third-order valence-corrected chi connectivity index (χ3v) is 5.95. The molecule has 3 aromatic carbocycles. The molecule has 4 aromatic rings. The Hall–Kier alpha value is -3.37. The van der Waals surface area contributed by atoms with Crippen molar-refractivity contribution in [3.05, 3.63) is 88.1 Å². The number of para-hydroxylation sites is 2. The zero-order valence-electron chi connectivity index (χ0n) is 16.0. The number of anilines is 2. The SMILES string of the molecule is O=S(=O)([N-]c1nc2ccccc2nc1Nc1ccc(Cl)c(C(F)(F)F)c1)c1ccccc1. The van der Waals surface area contributed by atoms with E-state index in [1.54, 1.807) is 42.5 Å². The third-order valence-electron chi connectivity index (χ3n) is 4.33. The van der Waals surface area contributed by atoms with Gasteiger partial charge in [-0.3, -0.25) is 0 Å². The summed E-state index contributed by atoms with van der Waals surface area (Å²) < 4.78 is 69.0. The summed E-state index contributed by atoms with van der Waals surface area (Å²) >= 11 is 5.67. The maximum Gasteiger partial charge on any atom is 0.417 e. The first-order chi connectivity index (χ1) is 15.1. The van der Waals surface area contributed by atoms with Gasteiger partial charge in [0, 0.05) is 5.69 Å². The minimum atomic E-state index is -4.67. The van der Waals surface area contributed by atoms with Crippen molar-refractivity contribution in [3.8, 4) is 0 Å². The number of nitrogens with one attached hydrogen (secondary N) is 1. The average molecular weight is 478 g/mol. The van der Waals surface area contributed by atoms with Gasteiger partial charge >= 0.3 is 6.18 Å². The van der Waals surface area contributed by atoms with Gasteiger partial charge in [0.1, 0.15) is 5.82 Å². The highest BCUT2D eigenvalue weighted by molar-refractivity contribution is 7.94. The third kappa shape index (κ3) is 4.61. The molecule has 0 radical (unpaired) electrons. The molecule has 6 nitrogen and oxygen atoms in total. The molecule has 0 saturated carbocycles. The molecule has 0 saturated heterocycles. The number of hydrogen-bond donors (Lipinski definition) is 1. The molecule has 1 heterocycles. The summed E-state index contributed by atoms with van der Waals surface area (Å²) in [5.74, 6) is -0.422. The van der Waals surface area contributed by atoms with Crippen molar-refractivity contribution in [2.45, 2.75) is 11.1 Å². The van der Waals surface area contributed by atoms with Gasteiger partial charge in [-0.2, -0.15) is 13.2 Å². The van der Waals surface area contributed by atoms with Crippen LogP contribution >= 0.6 is 11.6 Å². The largest absolute Gasteiger partial charge is 0.431 e. The van der Waals surface area contributed by atoms with Crippen molar-refractivity contribution < 1.29 is 21.6 Å². The van der Waals surface area contributed by atoms with Crippen LogP contribution in [-0.4, -0.2) is 18.4 Å². The van der Waals surface area contributed by atoms with E-state index >= 15 is 0 Å². The quantitative estimate of drug-likeness (QED) is 0.357. The van der Waals surface area contributed by atoms with Gasteiger partial charge in [-0.05, 0) is 47.7 Å². The van der Waals surface area contributed by atoms with Crippen molar-refractivity contribution >= 4 is 50.0 Å². The molecular formula is C21H13ClF3N4O2S-. The number of alkyl halides is 3. The van der Waals surface area contributed by atoms with Gasteiger partial charge < -0.3 is 15.0 Å². The maximum atomic E-state index is 13.2. The topological polar surface area (TPSA) is 86.1 Å². The molecule has 0 bridgehead atoms. The Morgan fingerprint density at radius 1 is 0.875 bits per heavy atom. The predicted molar refractivity (Wildman–Crippen MR) is 116 cm³/mol. The number of halogens is 4. The minimum Gasteiger partial charge on any atom is -0.431 e. The molecule has 0 fully saturated rings. The molecular weight excluding hydrogens is 465 g/mol. The highest BCUT2D eigenvalue weighted by atomic mass is 35.5. The number of nitrogens with zero attached hydrogens (tertiary/aromatic N) is 3. The lowest BCUT2D eigenvalue weighted by Gasteiger charge is -2.21. The number of aromatic nitrogens is 2. The van der Waals surface area contributed by atoms with Crippen LogP contribution in [0.3, 0.4) is 0 Å². The van der Waals surface area contributed by atoms with Gasteiger partial charge in [0.15, 0.2) is 0 Å². The Morgan fingerprint density at radius 2 is 1.50 bits per heavy atom. The second kappa shape index (κ2) is 8.29.